The molecule has 2 aromatic heterocycles. The van der Waals surface area contributed by atoms with Crippen LogP contribution in [0.2, 0.25) is 0 Å². The van der Waals surface area contributed by atoms with E-state index in [9.17, 15) is 14.4 Å². The van der Waals surface area contributed by atoms with E-state index in [1.807, 2.05) is 97.1 Å². The van der Waals surface area contributed by atoms with Crippen molar-refractivity contribution < 1.29 is 28.5 Å². The van der Waals surface area contributed by atoms with Crippen molar-refractivity contribution in [2.75, 3.05) is 18.9 Å². The normalized spacial score (nSPS) is 20.0. The van der Waals surface area contributed by atoms with Crippen molar-refractivity contribution in [3.05, 3.63) is 183 Å². The molecule has 2 N–H and O–H groups in total. The van der Waals surface area contributed by atoms with Gasteiger partial charge in [-0.05, 0) is 49.1 Å². The van der Waals surface area contributed by atoms with Gasteiger partial charge in [0.2, 0.25) is 0 Å². The number of ether oxygens (including phenoxy) is 5. The fraction of sp³-hybridized carbons (Fsp3) is 0.244. The lowest BCUT2D eigenvalue weighted by Crippen LogP contribution is -2.44. The highest BCUT2D eigenvalue weighted by Crippen LogP contribution is 2.46. The molecule has 0 spiro atoms. The lowest BCUT2D eigenvalue weighted by molar-refractivity contribution is -0.205. The molecule has 0 amide bonds. The van der Waals surface area contributed by atoms with Gasteiger partial charge in [0.05, 0.1) is 24.3 Å². The van der Waals surface area contributed by atoms with Crippen molar-refractivity contribution in [3.63, 3.8) is 0 Å². The summed E-state index contributed by atoms with van der Waals surface area (Å²) in [5.41, 5.74) is 6.77. The minimum Gasteiger partial charge on any atom is -0.462 e. The number of rotatable bonds is 11. The summed E-state index contributed by atoms with van der Waals surface area (Å²) >= 11 is 0. The topological polar surface area (TPSA) is 146 Å². The van der Waals surface area contributed by atoms with Gasteiger partial charge in [0.1, 0.15) is 35.3 Å². The molecule has 8 rings (SSSR count). The third kappa shape index (κ3) is 6.66. The molecule has 57 heavy (non-hydrogen) atoms. The number of hydrogen-bond donors (Lipinski definition) is 1. The molecule has 4 atom stereocenters. The van der Waals surface area contributed by atoms with Gasteiger partial charge in [-0.15, -0.1) is 0 Å². The number of aromatic nitrogens is 3. The van der Waals surface area contributed by atoms with Gasteiger partial charge < -0.3 is 29.4 Å². The molecule has 2 aliphatic rings. The molecule has 2 unspecified atom stereocenters. The number of hydrogen-bond acceptors (Lipinski definition) is 10. The van der Waals surface area contributed by atoms with Gasteiger partial charge in [-0.1, -0.05) is 128 Å². The molecule has 2 saturated heterocycles. The molecule has 12 nitrogen and oxygen atoms in total. The summed E-state index contributed by atoms with van der Waals surface area (Å²) in [6.07, 6.45) is -3.61. The average molecular weight is 767 g/mol. The molecule has 2 aliphatic heterocycles. The Bertz CT molecular complexity index is 2460. The minimum absolute atomic E-state index is 0.0125. The zero-order valence-electron chi connectivity index (χ0n) is 31.7. The summed E-state index contributed by atoms with van der Waals surface area (Å²) in [5, 5.41) is -0.0850. The van der Waals surface area contributed by atoms with Crippen molar-refractivity contribution in [1.82, 2.24) is 14.1 Å². The van der Waals surface area contributed by atoms with Crippen molar-refractivity contribution in [2.45, 2.75) is 56.7 Å². The van der Waals surface area contributed by atoms with Crippen LogP contribution in [0.3, 0.4) is 0 Å². The van der Waals surface area contributed by atoms with Crippen molar-refractivity contribution in [3.8, 4) is 0 Å². The van der Waals surface area contributed by atoms with E-state index in [0.717, 1.165) is 21.3 Å². The lowest BCUT2D eigenvalue weighted by Gasteiger charge is -2.37. The molecule has 4 aromatic carbocycles. The number of benzene rings is 4. The standard InChI is InChI=1S/C45H42N4O8/c1-5-53-42(51)33-26-34-39(47-38(33)46)49(43(52)48(40(34)50)28(2)29-18-10-6-11-19-29)41-37-36(56-44(3,4)57-37)35(55-41)27-54-45(30-20-12-7-13-21-30,31-22-14-8-15-23-31)32-24-16-9-17-25-32/h6-26,35-37,41H,2,5,27H2,1,3-4H3,(H2,46,47)/t35-,36+,37?,41?/m1/s1. The van der Waals surface area contributed by atoms with Crippen LogP contribution in [0.15, 0.2) is 144 Å². The monoisotopic (exact) mass is 766 g/mol. The Balaban J connectivity index is 1.28. The van der Waals surface area contributed by atoms with Crippen LogP contribution in [-0.4, -0.2) is 57.4 Å². The van der Waals surface area contributed by atoms with Crippen LogP contribution in [0.25, 0.3) is 16.7 Å². The van der Waals surface area contributed by atoms with Crippen LogP contribution in [0.4, 0.5) is 5.82 Å². The van der Waals surface area contributed by atoms with E-state index in [1.54, 1.807) is 45.0 Å². The van der Waals surface area contributed by atoms with Gasteiger partial charge in [-0.3, -0.25) is 4.79 Å². The molecule has 6 aromatic rings. The Morgan fingerprint density at radius 3 is 1.91 bits per heavy atom. The highest BCUT2D eigenvalue weighted by atomic mass is 16.8. The van der Waals surface area contributed by atoms with E-state index >= 15 is 0 Å². The molecule has 0 aliphatic carbocycles. The van der Waals surface area contributed by atoms with Crippen molar-refractivity contribution in [1.29, 1.82) is 0 Å². The largest absolute Gasteiger partial charge is 0.462 e. The minimum atomic E-state index is -1.20. The lowest BCUT2D eigenvalue weighted by atomic mass is 9.80. The first-order valence-electron chi connectivity index (χ1n) is 18.8. The molecule has 0 saturated carbocycles. The Labute approximate surface area is 328 Å². The first-order chi connectivity index (χ1) is 27.5. The number of anilines is 1. The smallest absolute Gasteiger partial charge is 0.341 e. The number of fused-ring (bicyclic) bond motifs is 2. The number of carbonyl (C=O) groups is 1. The fourth-order valence-electron chi connectivity index (χ4n) is 7.84. The van der Waals surface area contributed by atoms with E-state index in [4.69, 9.17) is 29.4 Å². The van der Waals surface area contributed by atoms with E-state index < -0.39 is 53.1 Å². The Morgan fingerprint density at radius 2 is 1.37 bits per heavy atom. The molecular formula is C45H42N4O8. The zero-order chi connectivity index (χ0) is 39.9. The van der Waals surface area contributed by atoms with Crippen LogP contribution in [-0.2, 0) is 29.3 Å². The van der Waals surface area contributed by atoms with E-state index in [0.29, 0.717) is 5.56 Å². The summed E-state index contributed by atoms with van der Waals surface area (Å²) in [4.78, 5) is 46.6. The maximum atomic E-state index is 14.9. The Kier molecular flexibility index (Phi) is 9.96. The predicted octanol–water partition coefficient (Wildman–Crippen LogP) is 6.26. The van der Waals surface area contributed by atoms with E-state index in [2.05, 4.69) is 11.6 Å². The van der Waals surface area contributed by atoms with Crippen LogP contribution in [0, 0.1) is 0 Å². The Hall–Kier alpha value is -6.18. The molecule has 2 fully saturated rings. The quantitative estimate of drug-likeness (QED) is 0.118. The van der Waals surface area contributed by atoms with E-state index in [1.165, 1.54) is 10.6 Å². The highest BCUT2D eigenvalue weighted by molar-refractivity contribution is 5.98. The van der Waals surface area contributed by atoms with Gasteiger partial charge in [0.15, 0.2) is 17.7 Å². The number of nitrogens with zero attached hydrogens (tertiary/aromatic N) is 3. The van der Waals surface area contributed by atoms with Gasteiger partial charge >= 0.3 is 11.7 Å². The summed E-state index contributed by atoms with van der Waals surface area (Å²) < 4.78 is 34.4. The van der Waals surface area contributed by atoms with Gasteiger partial charge in [0.25, 0.3) is 5.56 Å². The number of esters is 1. The summed E-state index contributed by atoms with van der Waals surface area (Å²) in [5.74, 6) is -2.09. The predicted molar refractivity (Wildman–Crippen MR) is 214 cm³/mol. The Morgan fingerprint density at radius 1 is 0.842 bits per heavy atom. The molecule has 12 heteroatoms. The number of carbonyl (C=O) groups excluding carboxylic acids is 1. The van der Waals surface area contributed by atoms with Crippen LogP contribution in [0.1, 0.15) is 59.6 Å². The SMILES string of the molecule is C=C(c1ccccc1)n1c(=O)c2cc(C(=O)OCC)c(N)nc2n(C2O[C@H](COC(c3ccccc3)(c3ccccc3)c3ccccc3)[C@@H]3OC(C)(C)OC23)c1=O. The summed E-state index contributed by atoms with van der Waals surface area (Å²) in [6.45, 7) is 9.41. The molecule has 290 valence electrons. The zero-order valence-corrected chi connectivity index (χ0v) is 31.7. The number of nitrogens with two attached hydrogens (primary N) is 1. The second-order valence-electron chi connectivity index (χ2n) is 14.3. The molecule has 4 heterocycles. The van der Waals surface area contributed by atoms with Crippen LogP contribution >= 0.6 is 0 Å². The number of pyridine rings is 1. The van der Waals surface area contributed by atoms with Crippen molar-refractivity contribution in [2.24, 2.45) is 0 Å². The molecule has 0 bridgehead atoms. The van der Waals surface area contributed by atoms with Gasteiger partial charge in [-0.2, -0.15) is 0 Å². The van der Waals surface area contributed by atoms with Crippen molar-refractivity contribution >= 4 is 28.5 Å². The average Bonchev–Trinajstić information content (AvgIpc) is 3.72. The fourth-order valence-corrected chi connectivity index (χ4v) is 7.84. The molecule has 0 radical (unpaired) electrons. The van der Waals surface area contributed by atoms with Gasteiger partial charge in [-0.25, -0.2) is 23.7 Å². The molecular weight excluding hydrogens is 725 g/mol. The second-order valence-corrected chi connectivity index (χ2v) is 14.3. The highest BCUT2D eigenvalue weighted by Gasteiger charge is 2.57. The maximum absolute atomic E-state index is 14.9. The maximum Gasteiger partial charge on any atom is 0.341 e. The van der Waals surface area contributed by atoms with E-state index in [-0.39, 0.29) is 41.3 Å². The van der Waals surface area contributed by atoms with Crippen LogP contribution < -0.4 is 17.0 Å². The third-order valence-electron chi connectivity index (χ3n) is 10.3. The summed E-state index contributed by atoms with van der Waals surface area (Å²) in [7, 11) is 0. The van der Waals surface area contributed by atoms with Crippen LogP contribution in [0.5, 0.6) is 0 Å². The second kappa shape index (κ2) is 15.1. The van der Waals surface area contributed by atoms with Gasteiger partial charge in [0, 0.05) is 0 Å². The summed E-state index contributed by atoms with van der Waals surface area (Å²) in [6, 6.07) is 39.9. The first-order valence-corrected chi connectivity index (χ1v) is 18.8. The number of nitrogen functional groups attached to an aromatic ring is 1. The first kappa shape index (κ1) is 37.7. The third-order valence-corrected chi connectivity index (χ3v) is 10.3.